The first kappa shape index (κ1) is 15.4. The molecule has 0 unspecified atom stereocenters. The lowest BCUT2D eigenvalue weighted by Crippen LogP contribution is -2.45. The highest BCUT2D eigenvalue weighted by molar-refractivity contribution is 5.94. The first-order valence-corrected chi connectivity index (χ1v) is 6.24. The lowest BCUT2D eigenvalue weighted by Gasteiger charge is -2.30. The first-order valence-electron chi connectivity index (χ1n) is 6.24. The van der Waals surface area contributed by atoms with Crippen molar-refractivity contribution in [2.75, 3.05) is 25.1 Å². The predicted octanol–water partition coefficient (Wildman–Crippen LogP) is 0.804. The van der Waals surface area contributed by atoms with Crippen molar-refractivity contribution >= 4 is 11.8 Å². The van der Waals surface area contributed by atoms with E-state index in [0.29, 0.717) is 12.2 Å². The van der Waals surface area contributed by atoms with Crippen LogP contribution in [0.4, 0.5) is 5.82 Å². The molecule has 1 aromatic heterocycles. The van der Waals surface area contributed by atoms with E-state index >= 15 is 0 Å². The van der Waals surface area contributed by atoms with E-state index in [-0.39, 0.29) is 25.4 Å². The van der Waals surface area contributed by atoms with Gasteiger partial charge < -0.3 is 20.3 Å². The zero-order valence-corrected chi connectivity index (χ0v) is 11.2. The molecule has 0 saturated carbocycles. The number of aliphatic hydroxyl groups is 2. The van der Waals surface area contributed by atoms with Gasteiger partial charge in [0.2, 0.25) is 0 Å². The van der Waals surface area contributed by atoms with Crippen LogP contribution in [-0.2, 0) is 4.74 Å². The highest BCUT2D eigenvalue weighted by Gasteiger charge is 2.28. The van der Waals surface area contributed by atoms with Crippen LogP contribution in [0.5, 0.6) is 0 Å². The molecule has 0 fully saturated rings. The van der Waals surface area contributed by atoms with Crippen LogP contribution in [0.25, 0.3) is 0 Å². The van der Waals surface area contributed by atoms with Crippen LogP contribution in [0.2, 0.25) is 0 Å². The molecule has 1 aromatic rings. The minimum Gasteiger partial charge on any atom is -0.462 e. The minimum atomic E-state index is -0.907. The maximum atomic E-state index is 11.8. The third-order valence-corrected chi connectivity index (χ3v) is 2.97. The molecule has 0 atom stereocenters. The normalized spacial score (nSPS) is 11.2. The lowest BCUT2D eigenvalue weighted by atomic mass is 9.98. The van der Waals surface area contributed by atoms with Gasteiger partial charge in [-0.1, -0.05) is 6.92 Å². The average Bonchev–Trinajstić information content (AvgIpc) is 2.45. The molecule has 1 heterocycles. The van der Waals surface area contributed by atoms with Gasteiger partial charge in [-0.15, -0.1) is 0 Å². The lowest BCUT2D eigenvalue weighted by molar-refractivity contribution is 0.0526. The number of rotatable bonds is 7. The number of nitrogens with one attached hydrogen (secondary N) is 1. The number of hydrogen-bond donors (Lipinski definition) is 3. The molecule has 0 amide bonds. The van der Waals surface area contributed by atoms with Crippen LogP contribution in [-0.4, -0.2) is 46.5 Å². The van der Waals surface area contributed by atoms with E-state index in [9.17, 15) is 15.0 Å². The topological polar surface area (TPSA) is 91.7 Å². The fourth-order valence-corrected chi connectivity index (χ4v) is 1.57. The quantitative estimate of drug-likeness (QED) is 0.634. The number of hydrogen-bond acceptors (Lipinski definition) is 6. The zero-order valence-electron chi connectivity index (χ0n) is 11.2. The van der Waals surface area contributed by atoms with Gasteiger partial charge in [-0.2, -0.15) is 0 Å². The summed E-state index contributed by atoms with van der Waals surface area (Å²) in [5.74, 6) is -0.190. The smallest absolute Gasteiger partial charge is 0.341 e. The molecular weight excluding hydrogens is 248 g/mol. The highest BCUT2D eigenvalue weighted by atomic mass is 16.5. The summed E-state index contributed by atoms with van der Waals surface area (Å²) in [7, 11) is 0. The van der Waals surface area contributed by atoms with E-state index < -0.39 is 11.5 Å². The standard InChI is InChI=1S/C13H20N2O4/c1-3-13(8-16,9-17)15-11-10(6-5-7-14-11)12(18)19-4-2/h5-7,16-17H,3-4,8-9H2,1-2H3,(H,14,15). The number of pyridine rings is 1. The van der Waals surface area contributed by atoms with Gasteiger partial charge >= 0.3 is 5.97 Å². The predicted molar refractivity (Wildman–Crippen MR) is 71.0 cm³/mol. The van der Waals surface area contributed by atoms with Gasteiger partial charge in [-0.05, 0) is 25.5 Å². The van der Waals surface area contributed by atoms with E-state index in [1.165, 1.54) is 6.20 Å². The van der Waals surface area contributed by atoms with Crippen molar-refractivity contribution < 1.29 is 19.7 Å². The van der Waals surface area contributed by atoms with E-state index in [2.05, 4.69) is 10.3 Å². The summed E-state index contributed by atoms with van der Waals surface area (Å²) >= 11 is 0. The Kier molecular flexibility index (Phi) is 5.72. The summed E-state index contributed by atoms with van der Waals surface area (Å²) in [4.78, 5) is 15.9. The molecule has 6 heteroatoms. The number of esters is 1. The van der Waals surface area contributed by atoms with E-state index in [1.54, 1.807) is 19.1 Å². The molecule has 0 saturated heterocycles. The summed E-state index contributed by atoms with van der Waals surface area (Å²) in [5, 5.41) is 21.7. The van der Waals surface area contributed by atoms with Crippen LogP contribution in [0.15, 0.2) is 18.3 Å². The molecule has 19 heavy (non-hydrogen) atoms. The van der Waals surface area contributed by atoms with Gasteiger partial charge in [0.1, 0.15) is 11.4 Å². The summed E-state index contributed by atoms with van der Waals surface area (Å²) in [6.07, 6.45) is 2.01. The van der Waals surface area contributed by atoms with Gasteiger partial charge in [-0.25, -0.2) is 9.78 Å². The molecule has 0 aromatic carbocycles. The van der Waals surface area contributed by atoms with Crippen molar-refractivity contribution in [2.24, 2.45) is 0 Å². The number of aliphatic hydroxyl groups excluding tert-OH is 2. The molecular formula is C13H20N2O4. The number of ether oxygens (including phenoxy) is 1. The molecule has 0 aliphatic carbocycles. The summed E-state index contributed by atoms with van der Waals surface area (Å²) < 4.78 is 4.94. The first-order chi connectivity index (χ1) is 9.12. The van der Waals surface area contributed by atoms with Crippen molar-refractivity contribution in [3.05, 3.63) is 23.9 Å². The van der Waals surface area contributed by atoms with Crippen molar-refractivity contribution in [2.45, 2.75) is 25.8 Å². The second-order valence-corrected chi connectivity index (χ2v) is 4.20. The summed E-state index contributed by atoms with van der Waals surface area (Å²) in [5.41, 5.74) is -0.626. The molecule has 0 aliphatic heterocycles. The Morgan fingerprint density at radius 2 is 2.11 bits per heavy atom. The van der Waals surface area contributed by atoms with Gasteiger partial charge in [0.05, 0.1) is 25.4 Å². The Hall–Kier alpha value is -1.66. The van der Waals surface area contributed by atoms with Crippen LogP contribution in [0, 0.1) is 0 Å². The third kappa shape index (κ3) is 3.65. The molecule has 3 N–H and O–H groups in total. The van der Waals surface area contributed by atoms with Gasteiger partial charge in [-0.3, -0.25) is 0 Å². The van der Waals surface area contributed by atoms with Gasteiger partial charge in [0.25, 0.3) is 0 Å². The van der Waals surface area contributed by atoms with E-state index in [4.69, 9.17) is 4.74 Å². The fraction of sp³-hybridized carbons (Fsp3) is 0.538. The third-order valence-electron chi connectivity index (χ3n) is 2.97. The Morgan fingerprint density at radius 1 is 1.42 bits per heavy atom. The van der Waals surface area contributed by atoms with Crippen molar-refractivity contribution in [3.8, 4) is 0 Å². The maximum Gasteiger partial charge on any atom is 0.341 e. The Morgan fingerprint density at radius 3 is 2.63 bits per heavy atom. The van der Waals surface area contributed by atoms with Crippen molar-refractivity contribution in [1.29, 1.82) is 0 Å². The Balaban J connectivity index is 3.03. The zero-order chi connectivity index (χ0) is 14.3. The van der Waals surface area contributed by atoms with Gasteiger partial charge in [0.15, 0.2) is 0 Å². The van der Waals surface area contributed by atoms with E-state index in [0.717, 1.165) is 0 Å². The molecule has 106 valence electrons. The largest absolute Gasteiger partial charge is 0.462 e. The second-order valence-electron chi connectivity index (χ2n) is 4.20. The van der Waals surface area contributed by atoms with Crippen LogP contribution in [0.3, 0.4) is 0 Å². The average molecular weight is 268 g/mol. The highest BCUT2D eigenvalue weighted by Crippen LogP contribution is 2.20. The number of carbonyl (C=O) groups is 1. The Labute approximate surface area is 112 Å². The fourth-order valence-electron chi connectivity index (χ4n) is 1.57. The number of nitrogens with zero attached hydrogens (tertiary/aromatic N) is 1. The molecule has 0 radical (unpaired) electrons. The van der Waals surface area contributed by atoms with Crippen LogP contribution in [0.1, 0.15) is 30.6 Å². The molecule has 1 rings (SSSR count). The monoisotopic (exact) mass is 268 g/mol. The molecule has 6 nitrogen and oxygen atoms in total. The number of carbonyl (C=O) groups excluding carboxylic acids is 1. The second kappa shape index (κ2) is 7.06. The van der Waals surface area contributed by atoms with Crippen LogP contribution >= 0.6 is 0 Å². The number of aromatic nitrogens is 1. The molecule has 0 aliphatic rings. The van der Waals surface area contributed by atoms with E-state index in [1.807, 2.05) is 6.92 Å². The van der Waals surface area contributed by atoms with Crippen molar-refractivity contribution in [3.63, 3.8) is 0 Å². The number of anilines is 1. The molecule has 0 bridgehead atoms. The Bertz CT molecular complexity index is 411. The van der Waals surface area contributed by atoms with Crippen molar-refractivity contribution in [1.82, 2.24) is 4.98 Å². The summed E-state index contributed by atoms with van der Waals surface area (Å²) in [6, 6.07) is 3.21. The maximum absolute atomic E-state index is 11.8. The summed E-state index contributed by atoms with van der Waals surface area (Å²) in [6.45, 7) is 3.29. The van der Waals surface area contributed by atoms with Gasteiger partial charge in [0, 0.05) is 6.20 Å². The SMILES string of the molecule is CCOC(=O)c1cccnc1NC(CC)(CO)CO. The molecule has 0 spiro atoms. The minimum absolute atomic E-state index is 0.265. The van der Waals surface area contributed by atoms with Crippen LogP contribution < -0.4 is 5.32 Å².